The number of carbonyl (C=O) groups excluding carboxylic acids is 1. The van der Waals surface area contributed by atoms with Gasteiger partial charge >= 0.3 is 0 Å². The molecule has 0 saturated carbocycles. The van der Waals surface area contributed by atoms with E-state index in [4.69, 9.17) is 4.74 Å². The van der Waals surface area contributed by atoms with E-state index in [2.05, 4.69) is 36.0 Å². The van der Waals surface area contributed by atoms with E-state index >= 15 is 0 Å². The number of hydrogen-bond acceptors (Lipinski definition) is 5. The summed E-state index contributed by atoms with van der Waals surface area (Å²) in [4.78, 5) is 28.9. The van der Waals surface area contributed by atoms with Crippen molar-refractivity contribution in [2.75, 3.05) is 6.54 Å². The molecular formula is C28H28N4O3. The minimum Gasteiger partial charge on any atom is -0.457 e. The Morgan fingerprint density at radius 1 is 1.03 bits per heavy atom. The normalized spacial score (nSPS) is 15.8. The summed E-state index contributed by atoms with van der Waals surface area (Å²) in [5.74, 6) is 2.11. The summed E-state index contributed by atoms with van der Waals surface area (Å²) in [6, 6.07) is 17.1. The quantitative estimate of drug-likeness (QED) is 0.417. The van der Waals surface area contributed by atoms with Crippen molar-refractivity contribution in [3.8, 4) is 22.8 Å². The fraction of sp³-hybridized carbons (Fsp3) is 0.286. The van der Waals surface area contributed by atoms with E-state index in [0.717, 1.165) is 39.8 Å². The Bertz CT molecular complexity index is 1430. The highest BCUT2D eigenvalue weighted by molar-refractivity contribution is 5.85. The second-order valence-corrected chi connectivity index (χ2v) is 9.59. The topological polar surface area (TPSA) is 88.2 Å². The monoisotopic (exact) mass is 468 g/mol. The van der Waals surface area contributed by atoms with E-state index < -0.39 is 0 Å². The highest BCUT2D eigenvalue weighted by Crippen LogP contribution is 2.33. The minimum atomic E-state index is -0.173. The van der Waals surface area contributed by atoms with Crippen LogP contribution < -0.4 is 10.3 Å². The van der Waals surface area contributed by atoms with Crippen molar-refractivity contribution in [3.63, 3.8) is 0 Å². The second-order valence-electron chi connectivity index (χ2n) is 9.59. The number of aromatic nitrogens is 3. The van der Waals surface area contributed by atoms with Crippen molar-refractivity contribution in [3.05, 3.63) is 82.4 Å². The molecular weight excluding hydrogens is 440 g/mol. The molecule has 4 aromatic rings. The van der Waals surface area contributed by atoms with Crippen LogP contribution in [0.15, 0.2) is 65.6 Å². The largest absolute Gasteiger partial charge is 0.457 e. The summed E-state index contributed by atoms with van der Waals surface area (Å²) >= 11 is 0. The van der Waals surface area contributed by atoms with Crippen LogP contribution in [0.1, 0.15) is 44.4 Å². The van der Waals surface area contributed by atoms with E-state index in [1.807, 2.05) is 53.4 Å². The summed E-state index contributed by atoms with van der Waals surface area (Å²) in [5.41, 5.74) is 3.43. The molecule has 1 fully saturated rings. The van der Waals surface area contributed by atoms with Gasteiger partial charge in [-0.05, 0) is 71.1 Å². The third-order valence-corrected chi connectivity index (χ3v) is 6.35. The summed E-state index contributed by atoms with van der Waals surface area (Å²) in [6.07, 6.45) is 2.26. The molecule has 2 aromatic carbocycles. The van der Waals surface area contributed by atoms with Gasteiger partial charge in [0.2, 0.25) is 11.5 Å². The van der Waals surface area contributed by atoms with Crippen LogP contribution in [-0.2, 0) is 11.3 Å². The Morgan fingerprint density at radius 3 is 2.49 bits per heavy atom. The predicted octanol–water partition coefficient (Wildman–Crippen LogP) is 5.27. The molecule has 35 heavy (non-hydrogen) atoms. The van der Waals surface area contributed by atoms with E-state index in [0.29, 0.717) is 36.3 Å². The van der Waals surface area contributed by atoms with Crippen LogP contribution in [0, 0.1) is 5.92 Å². The molecule has 5 rings (SSSR count). The summed E-state index contributed by atoms with van der Waals surface area (Å²) in [6.45, 7) is 7.46. The zero-order chi connectivity index (χ0) is 24.5. The maximum Gasteiger partial charge on any atom is 0.248 e. The molecule has 1 N–H and O–H groups in total. The molecule has 2 aromatic heterocycles. The molecule has 178 valence electrons. The van der Waals surface area contributed by atoms with Crippen molar-refractivity contribution in [2.24, 2.45) is 5.92 Å². The van der Waals surface area contributed by atoms with Crippen molar-refractivity contribution < 1.29 is 9.53 Å². The minimum absolute atomic E-state index is 0.152. The zero-order valence-corrected chi connectivity index (χ0v) is 20.1. The Labute approximate surface area is 203 Å². The zero-order valence-electron chi connectivity index (χ0n) is 20.1. The fourth-order valence-electron chi connectivity index (χ4n) is 4.41. The van der Waals surface area contributed by atoms with Gasteiger partial charge in [-0.25, -0.2) is 0 Å². The molecule has 0 bridgehead atoms. The number of nitrogens with one attached hydrogen (secondary N) is 1. The van der Waals surface area contributed by atoms with Crippen molar-refractivity contribution in [1.82, 2.24) is 20.1 Å². The number of amides is 1. The molecule has 1 amide bonds. The lowest BCUT2D eigenvalue weighted by atomic mass is 10.1. The summed E-state index contributed by atoms with van der Waals surface area (Å²) in [5, 5.41) is 10.3. The van der Waals surface area contributed by atoms with Crippen LogP contribution in [0.4, 0.5) is 0 Å². The number of likely N-dealkylation sites (tertiary alicyclic amines) is 1. The number of fused-ring (bicyclic) bond motifs is 1. The van der Waals surface area contributed by atoms with Crippen LogP contribution in [0.25, 0.3) is 22.0 Å². The van der Waals surface area contributed by atoms with Gasteiger partial charge in [-0.1, -0.05) is 20.8 Å². The first-order valence-electron chi connectivity index (χ1n) is 11.9. The molecule has 3 heterocycles. The van der Waals surface area contributed by atoms with Crippen molar-refractivity contribution in [1.29, 1.82) is 0 Å². The number of benzene rings is 2. The van der Waals surface area contributed by atoms with Crippen molar-refractivity contribution in [2.45, 2.75) is 39.7 Å². The Hall–Kier alpha value is -4.00. The van der Waals surface area contributed by atoms with Crippen LogP contribution in [0.5, 0.6) is 11.5 Å². The summed E-state index contributed by atoms with van der Waals surface area (Å²) < 4.78 is 6.29. The average Bonchev–Trinajstić information content (AvgIpc) is 3.16. The number of nitrogens with zero attached hydrogens (tertiary/aromatic N) is 3. The van der Waals surface area contributed by atoms with Crippen LogP contribution in [0.2, 0.25) is 0 Å². The maximum absolute atomic E-state index is 12.4. The number of rotatable bonds is 6. The SMILES string of the molecule is CC1CC(=O)N(Cc2cc3c[nH]c(=O)cc3cc2Oc2ccc(-c3ccc(C(C)C)nn3)cc2)C1. The molecule has 1 aliphatic heterocycles. The molecule has 0 aliphatic carbocycles. The van der Waals surface area contributed by atoms with Gasteiger partial charge in [0.15, 0.2) is 0 Å². The van der Waals surface area contributed by atoms with Gasteiger partial charge < -0.3 is 14.6 Å². The molecule has 7 heteroatoms. The van der Waals surface area contributed by atoms with Gasteiger partial charge in [-0.15, -0.1) is 0 Å². The first-order chi connectivity index (χ1) is 16.9. The average molecular weight is 469 g/mol. The Kier molecular flexibility index (Phi) is 6.07. The van der Waals surface area contributed by atoms with Gasteiger partial charge in [0.25, 0.3) is 0 Å². The molecule has 0 radical (unpaired) electrons. The smallest absolute Gasteiger partial charge is 0.248 e. The highest BCUT2D eigenvalue weighted by Gasteiger charge is 2.27. The van der Waals surface area contributed by atoms with Crippen LogP contribution >= 0.6 is 0 Å². The second kappa shape index (κ2) is 9.33. The predicted molar refractivity (Wildman–Crippen MR) is 135 cm³/mol. The standard InChI is InChI=1S/C28H28N4O3/c1-17(2)24-8-9-25(31-30-24)19-4-6-23(7-5-19)35-26-12-20-13-27(33)29-14-21(20)11-22(26)16-32-15-18(3)10-28(32)34/h4-9,11-14,17-18H,10,15-16H2,1-3H3,(H,29,33). The van der Waals surface area contributed by atoms with E-state index in [1.165, 1.54) is 0 Å². The Balaban J connectivity index is 1.44. The van der Waals surface area contributed by atoms with Crippen LogP contribution in [-0.4, -0.2) is 32.5 Å². The van der Waals surface area contributed by atoms with E-state index in [9.17, 15) is 9.59 Å². The molecule has 0 spiro atoms. The third kappa shape index (κ3) is 4.94. The lowest BCUT2D eigenvalue weighted by Gasteiger charge is -2.19. The van der Waals surface area contributed by atoms with Gasteiger partial charge in [0.1, 0.15) is 11.5 Å². The maximum atomic E-state index is 12.4. The van der Waals surface area contributed by atoms with Crippen LogP contribution in [0.3, 0.4) is 0 Å². The van der Waals surface area contributed by atoms with Gasteiger partial charge in [-0.2, -0.15) is 10.2 Å². The number of aromatic amines is 1. The number of ether oxygens (including phenoxy) is 1. The lowest BCUT2D eigenvalue weighted by Crippen LogP contribution is -2.24. The molecule has 1 unspecified atom stereocenters. The number of carbonyl (C=O) groups is 1. The first kappa shape index (κ1) is 22.8. The Morgan fingerprint density at radius 2 is 1.83 bits per heavy atom. The third-order valence-electron chi connectivity index (χ3n) is 6.35. The summed E-state index contributed by atoms with van der Waals surface area (Å²) in [7, 11) is 0. The molecule has 1 atom stereocenters. The molecule has 1 saturated heterocycles. The lowest BCUT2D eigenvalue weighted by molar-refractivity contribution is -0.128. The first-order valence-corrected chi connectivity index (χ1v) is 11.9. The fourth-order valence-corrected chi connectivity index (χ4v) is 4.41. The molecule has 1 aliphatic rings. The van der Waals surface area contributed by atoms with Crippen molar-refractivity contribution >= 4 is 16.7 Å². The number of H-pyrrole nitrogens is 1. The van der Waals surface area contributed by atoms with E-state index in [1.54, 1.807) is 12.3 Å². The van der Waals surface area contributed by atoms with E-state index in [-0.39, 0.29) is 11.5 Å². The number of pyridine rings is 1. The number of hydrogen-bond donors (Lipinski definition) is 1. The van der Waals surface area contributed by atoms with Gasteiger partial charge in [0.05, 0.1) is 11.4 Å². The van der Waals surface area contributed by atoms with Gasteiger partial charge in [0, 0.05) is 42.9 Å². The molecule has 7 nitrogen and oxygen atoms in total. The van der Waals surface area contributed by atoms with Gasteiger partial charge in [-0.3, -0.25) is 9.59 Å². The highest BCUT2D eigenvalue weighted by atomic mass is 16.5.